The molecule has 1 aliphatic heterocycles. The molecule has 7 heteroatoms. The predicted octanol–water partition coefficient (Wildman–Crippen LogP) is 2.71. The molecule has 1 fully saturated rings. The van der Waals surface area contributed by atoms with E-state index in [1.807, 2.05) is 23.3 Å². The van der Waals surface area contributed by atoms with Gasteiger partial charge in [0.05, 0.1) is 6.04 Å². The molecule has 3 amide bonds. The summed E-state index contributed by atoms with van der Waals surface area (Å²) in [5.74, 6) is 0.749. The van der Waals surface area contributed by atoms with E-state index in [0.717, 1.165) is 18.8 Å². The minimum atomic E-state index is -0.652. The lowest BCUT2D eigenvalue weighted by Crippen LogP contribution is -2.56. The van der Waals surface area contributed by atoms with Gasteiger partial charge in [-0.2, -0.15) is 11.8 Å². The number of hydrogen-bond acceptors (Lipinski definition) is 4. The van der Waals surface area contributed by atoms with Crippen molar-refractivity contribution in [2.45, 2.75) is 18.5 Å². The second-order valence-electron chi connectivity index (χ2n) is 7.43. The molecule has 0 spiro atoms. The maximum absolute atomic E-state index is 13.0. The smallest absolute Gasteiger partial charge is 0.312 e. The van der Waals surface area contributed by atoms with Gasteiger partial charge >= 0.3 is 6.03 Å². The molecule has 2 aromatic rings. The van der Waals surface area contributed by atoms with Crippen LogP contribution in [0.2, 0.25) is 0 Å². The first-order valence-corrected chi connectivity index (χ1v) is 11.7. The molecule has 2 aromatic carbocycles. The quantitative estimate of drug-likeness (QED) is 0.680. The molecular weight excluding hydrogens is 396 g/mol. The first-order chi connectivity index (χ1) is 14.6. The maximum Gasteiger partial charge on any atom is 0.312 e. The number of nitrogens with two attached hydrogens (primary N) is 1. The van der Waals surface area contributed by atoms with Crippen LogP contribution in [-0.2, 0) is 4.79 Å². The number of hydrogen-bond donors (Lipinski definition) is 2. The van der Waals surface area contributed by atoms with Gasteiger partial charge in [-0.3, -0.25) is 9.69 Å². The molecule has 0 bridgehead atoms. The molecule has 0 radical (unpaired) electrons. The number of thioether (sulfide) groups is 1. The van der Waals surface area contributed by atoms with Crippen molar-refractivity contribution in [3.63, 3.8) is 0 Å². The Morgan fingerprint density at radius 3 is 1.97 bits per heavy atom. The summed E-state index contributed by atoms with van der Waals surface area (Å²) in [6, 6.07) is 19.9. The van der Waals surface area contributed by atoms with Crippen molar-refractivity contribution in [2.24, 2.45) is 5.73 Å². The molecule has 1 aliphatic rings. The molecule has 0 aromatic heterocycles. The fourth-order valence-corrected chi connectivity index (χ4v) is 4.44. The van der Waals surface area contributed by atoms with Crippen LogP contribution in [0.3, 0.4) is 0 Å². The molecule has 160 valence electrons. The van der Waals surface area contributed by atoms with E-state index in [-0.39, 0.29) is 11.9 Å². The number of urea groups is 1. The van der Waals surface area contributed by atoms with Crippen molar-refractivity contribution in [1.29, 1.82) is 0 Å². The van der Waals surface area contributed by atoms with Crippen LogP contribution >= 0.6 is 11.8 Å². The number of amides is 3. The second kappa shape index (κ2) is 11.0. The Morgan fingerprint density at radius 1 is 0.967 bits per heavy atom. The third-order valence-electron chi connectivity index (χ3n) is 5.45. The van der Waals surface area contributed by atoms with E-state index in [1.165, 1.54) is 11.1 Å². The topological polar surface area (TPSA) is 78.7 Å². The Hall–Kier alpha value is -2.51. The zero-order chi connectivity index (χ0) is 21.3. The summed E-state index contributed by atoms with van der Waals surface area (Å²) in [4.78, 5) is 28.6. The monoisotopic (exact) mass is 426 g/mol. The van der Waals surface area contributed by atoms with Crippen LogP contribution in [0.15, 0.2) is 60.7 Å². The Kier molecular flexibility index (Phi) is 8.16. The average molecular weight is 427 g/mol. The van der Waals surface area contributed by atoms with Crippen LogP contribution in [0.5, 0.6) is 0 Å². The first kappa shape index (κ1) is 22.2. The van der Waals surface area contributed by atoms with Crippen molar-refractivity contribution >= 4 is 23.7 Å². The van der Waals surface area contributed by atoms with Crippen LogP contribution in [0, 0.1) is 0 Å². The summed E-state index contributed by atoms with van der Waals surface area (Å²) in [5, 5.41) is 2.62. The third kappa shape index (κ3) is 5.77. The van der Waals surface area contributed by atoms with Crippen molar-refractivity contribution in [1.82, 2.24) is 15.1 Å². The van der Waals surface area contributed by atoms with Crippen LogP contribution in [0.1, 0.15) is 23.6 Å². The number of benzene rings is 2. The van der Waals surface area contributed by atoms with Crippen LogP contribution in [-0.4, -0.2) is 66.0 Å². The summed E-state index contributed by atoms with van der Waals surface area (Å²) >= 11 is 1.65. The SMILES string of the molecule is CSCC[C@@H](NC(N)=O)C(=O)N1CCN(C(c2ccccc2)c2ccccc2)CC1. The minimum absolute atomic E-state index is 0.0431. The molecule has 3 rings (SSSR count). The molecule has 30 heavy (non-hydrogen) atoms. The summed E-state index contributed by atoms with van der Waals surface area (Å²) in [7, 11) is 0. The molecule has 6 nitrogen and oxygen atoms in total. The molecule has 0 aliphatic carbocycles. The highest BCUT2D eigenvalue weighted by Gasteiger charge is 2.31. The van der Waals surface area contributed by atoms with Gasteiger partial charge in [0.2, 0.25) is 5.91 Å². The minimum Gasteiger partial charge on any atom is -0.352 e. The normalized spacial score (nSPS) is 15.7. The van der Waals surface area contributed by atoms with E-state index >= 15 is 0 Å². The van der Waals surface area contributed by atoms with Crippen molar-refractivity contribution < 1.29 is 9.59 Å². The Balaban J connectivity index is 1.70. The number of primary amides is 1. The molecule has 1 heterocycles. The van der Waals surface area contributed by atoms with E-state index in [1.54, 1.807) is 11.8 Å². The molecule has 0 saturated carbocycles. The molecule has 0 unspecified atom stereocenters. The van der Waals surface area contributed by atoms with Gasteiger partial charge in [-0.15, -0.1) is 0 Å². The van der Waals surface area contributed by atoms with Gasteiger partial charge in [0.25, 0.3) is 0 Å². The largest absolute Gasteiger partial charge is 0.352 e. The van der Waals surface area contributed by atoms with Crippen LogP contribution in [0.4, 0.5) is 4.79 Å². The summed E-state index contributed by atoms with van der Waals surface area (Å²) in [6.45, 7) is 2.80. The molecule has 3 N–H and O–H groups in total. The molecular formula is C23H30N4O2S. The number of nitrogens with zero attached hydrogens (tertiary/aromatic N) is 2. The lowest BCUT2D eigenvalue weighted by Gasteiger charge is -2.40. The zero-order valence-electron chi connectivity index (χ0n) is 17.4. The third-order valence-corrected chi connectivity index (χ3v) is 6.09. The maximum atomic E-state index is 13.0. The number of piperazine rings is 1. The van der Waals surface area contributed by atoms with Gasteiger partial charge in [-0.05, 0) is 29.6 Å². The standard InChI is InChI=1S/C23H30N4O2S/c1-30-17-12-20(25-23(24)29)22(28)27-15-13-26(14-16-27)21(18-8-4-2-5-9-18)19-10-6-3-7-11-19/h2-11,20-21H,12-17H2,1H3,(H3,24,25,29)/t20-/m1/s1. The van der Waals surface area contributed by atoms with E-state index in [0.29, 0.717) is 19.5 Å². The highest BCUT2D eigenvalue weighted by atomic mass is 32.2. The lowest BCUT2D eigenvalue weighted by atomic mass is 9.96. The highest BCUT2D eigenvalue weighted by Crippen LogP contribution is 2.29. The number of rotatable bonds is 8. The van der Waals surface area contributed by atoms with E-state index in [4.69, 9.17) is 5.73 Å². The number of nitrogens with one attached hydrogen (secondary N) is 1. The van der Waals surface area contributed by atoms with Crippen LogP contribution in [0.25, 0.3) is 0 Å². The van der Waals surface area contributed by atoms with Crippen LogP contribution < -0.4 is 11.1 Å². The second-order valence-corrected chi connectivity index (χ2v) is 8.41. The van der Waals surface area contributed by atoms with Crippen molar-refractivity contribution in [3.05, 3.63) is 71.8 Å². The summed E-state index contributed by atoms with van der Waals surface area (Å²) in [6.07, 6.45) is 2.57. The number of carbonyl (C=O) groups excluding carboxylic acids is 2. The summed E-state index contributed by atoms with van der Waals surface area (Å²) in [5.41, 5.74) is 7.78. The fourth-order valence-electron chi connectivity index (χ4n) is 3.97. The predicted molar refractivity (Wildman–Crippen MR) is 122 cm³/mol. The first-order valence-electron chi connectivity index (χ1n) is 10.3. The Bertz CT molecular complexity index is 771. The fraction of sp³-hybridized carbons (Fsp3) is 0.391. The highest BCUT2D eigenvalue weighted by molar-refractivity contribution is 7.98. The van der Waals surface area contributed by atoms with Crippen molar-refractivity contribution in [3.8, 4) is 0 Å². The van der Waals surface area contributed by atoms with Gasteiger partial charge in [-0.1, -0.05) is 60.7 Å². The van der Waals surface area contributed by atoms with Gasteiger partial charge < -0.3 is 16.0 Å². The van der Waals surface area contributed by atoms with E-state index in [9.17, 15) is 9.59 Å². The molecule has 1 saturated heterocycles. The number of carbonyl (C=O) groups is 2. The van der Waals surface area contributed by atoms with E-state index in [2.05, 4.69) is 58.7 Å². The van der Waals surface area contributed by atoms with Gasteiger partial charge in [-0.25, -0.2) is 4.79 Å². The van der Waals surface area contributed by atoms with Gasteiger partial charge in [0, 0.05) is 26.2 Å². The van der Waals surface area contributed by atoms with Gasteiger partial charge in [0.1, 0.15) is 6.04 Å². The Morgan fingerprint density at radius 2 is 1.50 bits per heavy atom. The van der Waals surface area contributed by atoms with Gasteiger partial charge in [0.15, 0.2) is 0 Å². The van der Waals surface area contributed by atoms with Crippen molar-refractivity contribution in [2.75, 3.05) is 38.2 Å². The summed E-state index contributed by atoms with van der Waals surface area (Å²) < 4.78 is 0. The molecule has 1 atom stereocenters. The Labute approximate surface area is 182 Å². The lowest BCUT2D eigenvalue weighted by molar-refractivity contribution is -0.135. The zero-order valence-corrected chi connectivity index (χ0v) is 18.2. The van der Waals surface area contributed by atoms with E-state index < -0.39 is 12.1 Å². The average Bonchev–Trinajstić information content (AvgIpc) is 2.78.